The highest BCUT2D eigenvalue weighted by atomic mass is 16.2. The van der Waals surface area contributed by atoms with Crippen molar-refractivity contribution in [3.05, 3.63) is 42.4 Å². The first-order valence-corrected chi connectivity index (χ1v) is 9.02. The average molecular weight is 350 g/mol. The molecule has 4 rings (SSSR count). The lowest BCUT2D eigenvalue weighted by Gasteiger charge is -2.22. The molecule has 1 aliphatic rings. The summed E-state index contributed by atoms with van der Waals surface area (Å²) in [6.07, 6.45) is 9.16. The second-order valence-electron chi connectivity index (χ2n) is 6.71. The van der Waals surface area contributed by atoms with Gasteiger partial charge in [-0.25, -0.2) is 9.67 Å². The van der Waals surface area contributed by atoms with Crippen molar-refractivity contribution in [2.45, 2.75) is 38.1 Å². The molecular formula is C19H22N6O. The molecule has 1 fully saturated rings. The molecule has 134 valence electrons. The van der Waals surface area contributed by atoms with Gasteiger partial charge in [0.05, 0.1) is 5.39 Å². The van der Waals surface area contributed by atoms with Crippen LogP contribution in [0, 0.1) is 0 Å². The topological polar surface area (TPSA) is 84.7 Å². The number of pyridine rings is 2. The largest absolute Gasteiger partial charge is 0.348 e. The van der Waals surface area contributed by atoms with Crippen LogP contribution < -0.4 is 10.6 Å². The Hall–Kier alpha value is -2.96. The minimum Gasteiger partial charge on any atom is -0.348 e. The number of nitrogens with zero attached hydrogens (tertiary/aromatic N) is 4. The Morgan fingerprint density at radius 1 is 1.12 bits per heavy atom. The molecule has 1 amide bonds. The fourth-order valence-corrected chi connectivity index (χ4v) is 3.45. The van der Waals surface area contributed by atoms with E-state index >= 15 is 0 Å². The molecule has 26 heavy (non-hydrogen) atoms. The van der Waals surface area contributed by atoms with Crippen LogP contribution in [0.15, 0.2) is 36.7 Å². The first kappa shape index (κ1) is 16.5. The minimum atomic E-state index is -0.112. The summed E-state index contributed by atoms with van der Waals surface area (Å²) in [4.78, 5) is 21.3. The van der Waals surface area contributed by atoms with Gasteiger partial charge < -0.3 is 10.6 Å². The van der Waals surface area contributed by atoms with Gasteiger partial charge in [0.25, 0.3) is 5.91 Å². The van der Waals surface area contributed by atoms with Crippen molar-refractivity contribution in [3.63, 3.8) is 0 Å². The van der Waals surface area contributed by atoms with Crippen LogP contribution in [0.5, 0.6) is 0 Å². The highest BCUT2D eigenvalue weighted by Gasteiger charge is 2.21. The summed E-state index contributed by atoms with van der Waals surface area (Å²) >= 11 is 0. The number of nitrogens with one attached hydrogen (secondary N) is 2. The number of amides is 1. The summed E-state index contributed by atoms with van der Waals surface area (Å²) in [6.45, 7) is 0. The first-order chi connectivity index (χ1) is 12.7. The molecule has 3 aromatic rings. The van der Waals surface area contributed by atoms with Crippen molar-refractivity contribution in [2.75, 3.05) is 5.32 Å². The zero-order chi connectivity index (χ0) is 17.9. The summed E-state index contributed by atoms with van der Waals surface area (Å²) in [6, 6.07) is 7.76. The van der Waals surface area contributed by atoms with Crippen LogP contribution in [0.1, 0.15) is 42.6 Å². The number of fused-ring (bicyclic) bond motifs is 1. The Kier molecular flexibility index (Phi) is 4.51. The second kappa shape index (κ2) is 7.11. The first-order valence-electron chi connectivity index (χ1n) is 9.02. The van der Waals surface area contributed by atoms with Gasteiger partial charge in [-0.15, -0.1) is 0 Å². The molecule has 0 aromatic carbocycles. The highest BCUT2D eigenvalue weighted by molar-refractivity contribution is 6.04. The van der Waals surface area contributed by atoms with Crippen LogP contribution in [-0.4, -0.2) is 31.7 Å². The molecule has 3 heterocycles. The predicted molar refractivity (Wildman–Crippen MR) is 100 cm³/mol. The van der Waals surface area contributed by atoms with Gasteiger partial charge >= 0.3 is 0 Å². The quantitative estimate of drug-likeness (QED) is 0.755. The van der Waals surface area contributed by atoms with Gasteiger partial charge in [0.1, 0.15) is 5.82 Å². The number of rotatable bonds is 4. The van der Waals surface area contributed by atoms with Crippen LogP contribution in [-0.2, 0) is 7.05 Å². The fraction of sp³-hybridized carbons (Fsp3) is 0.368. The molecule has 0 saturated heterocycles. The molecule has 3 aromatic heterocycles. The number of carbonyl (C=O) groups is 1. The van der Waals surface area contributed by atoms with Crippen LogP contribution in [0.2, 0.25) is 0 Å². The van der Waals surface area contributed by atoms with Crippen molar-refractivity contribution in [3.8, 4) is 0 Å². The zero-order valence-electron chi connectivity index (χ0n) is 14.8. The van der Waals surface area contributed by atoms with E-state index in [9.17, 15) is 4.79 Å². The standard InChI is InChI=1S/C19H22N6O/c1-25-18-15(7-8-16(23-18)21-14-9-11-20-12-10-14)17(24-25)19(26)22-13-5-3-2-4-6-13/h7-13H,2-6H2,1H3,(H,22,26)(H,20,21,23). The van der Waals surface area contributed by atoms with E-state index in [2.05, 4.69) is 25.7 Å². The lowest BCUT2D eigenvalue weighted by molar-refractivity contribution is 0.0923. The summed E-state index contributed by atoms with van der Waals surface area (Å²) in [5, 5.41) is 11.5. The summed E-state index contributed by atoms with van der Waals surface area (Å²) < 4.78 is 1.66. The molecule has 0 unspecified atom stereocenters. The molecule has 0 bridgehead atoms. The molecule has 0 aliphatic heterocycles. The average Bonchev–Trinajstić information content (AvgIpc) is 3.00. The summed E-state index contributed by atoms with van der Waals surface area (Å²) in [5.41, 5.74) is 2.03. The highest BCUT2D eigenvalue weighted by Crippen LogP contribution is 2.22. The van der Waals surface area contributed by atoms with Crippen LogP contribution in [0.4, 0.5) is 11.5 Å². The number of aromatic nitrogens is 4. The van der Waals surface area contributed by atoms with Crippen molar-refractivity contribution in [1.29, 1.82) is 0 Å². The van der Waals surface area contributed by atoms with E-state index in [1.54, 1.807) is 17.1 Å². The van der Waals surface area contributed by atoms with Gasteiger partial charge in [-0.2, -0.15) is 5.10 Å². The second-order valence-corrected chi connectivity index (χ2v) is 6.71. The maximum atomic E-state index is 12.7. The van der Waals surface area contributed by atoms with Crippen molar-refractivity contribution in [2.24, 2.45) is 7.05 Å². The Bertz CT molecular complexity index is 914. The van der Waals surface area contributed by atoms with Crippen LogP contribution >= 0.6 is 0 Å². The maximum Gasteiger partial charge on any atom is 0.272 e. The lowest BCUT2D eigenvalue weighted by atomic mass is 9.95. The van der Waals surface area contributed by atoms with Crippen molar-refractivity contribution in [1.82, 2.24) is 25.1 Å². The Balaban J connectivity index is 1.58. The number of aryl methyl sites for hydroxylation is 1. The molecule has 7 nitrogen and oxygen atoms in total. The molecule has 1 saturated carbocycles. The minimum absolute atomic E-state index is 0.112. The Morgan fingerprint density at radius 2 is 1.88 bits per heavy atom. The molecule has 2 N–H and O–H groups in total. The normalized spacial score (nSPS) is 15.1. The van der Waals surface area contributed by atoms with E-state index < -0.39 is 0 Å². The van der Waals surface area contributed by atoms with Gasteiger partial charge in [0.15, 0.2) is 11.3 Å². The van der Waals surface area contributed by atoms with Crippen molar-refractivity contribution >= 4 is 28.4 Å². The van der Waals surface area contributed by atoms with Crippen molar-refractivity contribution < 1.29 is 4.79 Å². The number of carbonyl (C=O) groups excluding carboxylic acids is 1. The van der Waals surface area contributed by atoms with Crippen LogP contribution in [0.25, 0.3) is 11.0 Å². The molecule has 7 heteroatoms. The Morgan fingerprint density at radius 3 is 2.65 bits per heavy atom. The molecule has 1 aliphatic carbocycles. The van der Waals surface area contributed by atoms with Gasteiger partial charge in [-0.3, -0.25) is 9.78 Å². The van der Waals surface area contributed by atoms with Gasteiger partial charge in [-0.05, 0) is 37.1 Å². The monoisotopic (exact) mass is 350 g/mol. The smallest absolute Gasteiger partial charge is 0.272 e. The zero-order valence-corrected chi connectivity index (χ0v) is 14.8. The van der Waals surface area contributed by atoms with E-state index in [-0.39, 0.29) is 11.9 Å². The molecular weight excluding hydrogens is 328 g/mol. The van der Waals surface area contributed by atoms with Gasteiger partial charge in [-0.1, -0.05) is 19.3 Å². The van der Waals surface area contributed by atoms with Gasteiger partial charge in [0.2, 0.25) is 0 Å². The van der Waals surface area contributed by atoms with E-state index in [1.165, 1.54) is 19.3 Å². The molecule has 0 spiro atoms. The fourth-order valence-electron chi connectivity index (χ4n) is 3.45. The maximum absolute atomic E-state index is 12.7. The SMILES string of the molecule is Cn1nc(C(=O)NC2CCCCC2)c2ccc(Nc3ccncc3)nc21. The molecule has 0 radical (unpaired) electrons. The number of hydrogen-bond acceptors (Lipinski definition) is 5. The van der Waals surface area contributed by atoms with Gasteiger partial charge in [0, 0.05) is 31.2 Å². The van der Waals surface area contributed by atoms with Crippen LogP contribution in [0.3, 0.4) is 0 Å². The lowest BCUT2D eigenvalue weighted by Crippen LogP contribution is -2.36. The number of anilines is 2. The summed E-state index contributed by atoms with van der Waals surface area (Å²) in [5.74, 6) is 0.588. The molecule has 0 atom stereocenters. The predicted octanol–water partition coefficient (Wildman–Crippen LogP) is 3.17. The third-order valence-electron chi connectivity index (χ3n) is 4.79. The van der Waals surface area contributed by atoms with E-state index in [0.717, 1.165) is 23.9 Å². The van der Waals surface area contributed by atoms with E-state index in [1.807, 2.05) is 31.3 Å². The van der Waals surface area contributed by atoms with E-state index in [0.29, 0.717) is 17.2 Å². The Labute approximate surface area is 151 Å². The van der Waals surface area contributed by atoms with E-state index in [4.69, 9.17) is 0 Å². The number of hydrogen-bond donors (Lipinski definition) is 2. The third-order valence-corrected chi connectivity index (χ3v) is 4.79. The summed E-state index contributed by atoms with van der Waals surface area (Å²) in [7, 11) is 1.81. The third kappa shape index (κ3) is 3.37.